The van der Waals surface area contributed by atoms with Gasteiger partial charge in [-0.3, -0.25) is 4.79 Å². The van der Waals surface area contributed by atoms with Crippen LogP contribution in [-0.4, -0.2) is 26.9 Å². The molecule has 1 aromatic heterocycles. The number of nitrogens with zero attached hydrogens (tertiary/aromatic N) is 3. The number of rotatable bonds is 8. The van der Waals surface area contributed by atoms with Crippen LogP contribution in [0.1, 0.15) is 71.2 Å². The number of aromatic nitrogens is 3. The molecule has 20 heavy (non-hydrogen) atoms. The van der Waals surface area contributed by atoms with Crippen molar-refractivity contribution in [3.63, 3.8) is 0 Å². The number of hydrogen-bond donors (Lipinski definition) is 2. The van der Waals surface area contributed by atoms with Gasteiger partial charge in [-0.1, -0.05) is 32.4 Å². The molecule has 0 aliphatic rings. The van der Waals surface area contributed by atoms with Crippen LogP contribution in [0.5, 0.6) is 0 Å². The molecule has 1 amide bonds. The van der Waals surface area contributed by atoms with Crippen molar-refractivity contribution in [1.29, 1.82) is 0 Å². The zero-order valence-corrected chi connectivity index (χ0v) is 13.0. The largest absolute Gasteiger partial charge is 0.352 e. The van der Waals surface area contributed by atoms with Crippen molar-refractivity contribution >= 4 is 5.91 Å². The molecule has 0 fully saturated rings. The minimum Gasteiger partial charge on any atom is -0.352 e. The molecule has 0 aliphatic carbocycles. The molecule has 3 N–H and O–H groups in total. The van der Waals surface area contributed by atoms with Crippen LogP contribution in [-0.2, 0) is 4.79 Å². The normalized spacial score (nSPS) is 14.3. The van der Waals surface area contributed by atoms with E-state index >= 15 is 0 Å². The van der Waals surface area contributed by atoms with Crippen molar-refractivity contribution in [2.45, 2.75) is 71.5 Å². The maximum atomic E-state index is 12.1. The average Bonchev–Trinajstić information content (AvgIpc) is 2.93. The van der Waals surface area contributed by atoms with Crippen LogP contribution in [0.4, 0.5) is 0 Å². The summed E-state index contributed by atoms with van der Waals surface area (Å²) in [6.07, 6.45) is 5.50. The van der Waals surface area contributed by atoms with Gasteiger partial charge in [0.2, 0.25) is 5.91 Å². The van der Waals surface area contributed by atoms with Gasteiger partial charge in [0.05, 0.1) is 17.9 Å². The summed E-state index contributed by atoms with van der Waals surface area (Å²) in [4.78, 5) is 12.1. The monoisotopic (exact) mass is 281 g/mol. The fourth-order valence-electron chi connectivity index (χ4n) is 2.04. The minimum atomic E-state index is -0.370. The first-order chi connectivity index (χ1) is 9.53. The number of hydrogen-bond acceptors (Lipinski definition) is 4. The van der Waals surface area contributed by atoms with Gasteiger partial charge in [0.25, 0.3) is 0 Å². The molecule has 0 radical (unpaired) electrons. The fraction of sp³-hybridized carbons (Fsp3) is 0.786. The minimum absolute atomic E-state index is 0.0285. The molecule has 2 atom stereocenters. The topological polar surface area (TPSA) is 85.8 Å². The molecule has 0 spiro atoms. The molecule has 0 aromatic carbocycles. The Bertz CT molecular complexity index is 413. The summed E-state index contributed by atoms with van der Waals surface area (Å²) >= 11 is 0. The van der Waals surface area contributed by atoms with Crippen LogP contribution in [0.2, 0.25) is 0 Å². The molecular formula is C14H27N5O. The average molecular weight is 281 g/mol. The smallest absolute Gasteiger partial charge is 0.244 e. The predicted octanol–water partition coefficient (Wildman–Crippen LogP) is 1.94. The van der Waals surface area contributed by atoms with E-state index in [1.807, 2.05) is 6.92 Å². The van der Waals surface area contributed by atoms with Crippen LogP contribution >= 0.6 is 0 Å². The van der Waals surface area contributed by atoms with E-state index in [1.54, 1.807) is 10.9 Å². The molecule has 114 valence electrons. The van der Waals surface area contributed by atoms with Crippen LogP contribution in [0.25, 0.3) is 0 Å². The maximum Gasteiger partial charge on any atom is 0.244 e. The summed E-state index contributed by atoms with van der Waals surface area (Å²) in [6.45, 7) is 8.03. The van der Waals surface area contributed by atoms with Gasteiger partial charge >= 0.3 is 0 Å². The Balaban J connectivity index is 2.67. The van der Waals surface area contributed by atoms with Crippen LogP contribution < -0.4 is 11.1 Å². The standard InChI is InChI=1S/C14H27N5O/c1-5-8-12(15)13-9-19(18-17-13)10(4)14(20)16-11(6-2)7-3/h9-12H,5-8,15H2,1-4H3,(H,16,20). The van der Waals surface area contributed by atoms with E-state index in [0.717, 1.165) is 31.4 Å². The van der Waals surface area contributed by atoms with Gasteiger partial charge in [-0.15, -0.1) is 5.10 Å². The highest BCUT2D eigenvalue weighted by molar-refractivity contribution is 5.80. The highest BCUT2D eigenvalue weighted by Gasteiger charge is 2.20. The molecule has 0 saturated heterocycles. The van der Waals surface area contributed by atoms with E-state index in [2.05, 4.69) is 36.4 Å². The third-order valence-electron chi connectivity index (χ3n) is 3.62. The summed E-state index contributed by atoms with van der Waals surface area (Å²) < 4.78 is 1.59. The summed E-state index contributed by atoms with van der Waals surface area (Å²) in [5, 5.41) is 11.1. The second-order valence-electron chi connectivity index (χ2n) is 5.22. The van der Waals surface area contributed by atoms with E-state index in [0.29, 0.717) is 0 Å². The van der Waals surface area contributed by atoms with Crippen molar-refractivity contribution < 1.29 is 4.79 Å². The molecule has 6 heteroatoms. The molecule has 6 nitrogen and oxygen atoms in total. The summed E-state index contributed by atoms with van der Waals surface area (Å²) in [6, 6.07) is -0.260. The molecule has 1 rings (SSSR count). The van der Waals surface area contributed by atoms with E-state index in [4.69, 9.17) is 5.73 Å². The van der Waals surface area contributed by atoms with Crippen LogP contribution in [0.3, 0.4) is 0 Å². The Morgan fingerprint density at radius 3 is 2.60 bits per heavy atom. The Kier molecular flexibility index (Phi) is 6.64. The molecule has 0 aliphatic heterocycles. The van der Waals surface area contributed by atoms with Crippen molar-refractivity contribution in [3.05, 3.63) is 11.9 Å². The number of nitrogens with one attached hydrogen (secondary N) is 1. The van der Waals surface area contributed by atoms with E-state index in [1.165, 1.54) is 0 Å². The lowest BCUT2D eigenvalue weighted by atomic mass is 10.1. The Morgan fingerprint density at radius 1 is 1.40 bits per heavy atom. The second kappa shape index (κ2) is 7.99. The molecule has 0 saturated carbocycles. The Hall–Kier alpha value is -1.43. The first-order valence-electron chi connectivity index (χ1n) is 7.51. The first kappa shape index (κ1) is 16.6. The lowest BCUT2D eigenvalue weighted by Crippen LogP contribution is -2.38. The van der Waals surface area contributed by atoms with E-state index in [-0.39, 0.29) is 24.0 Å². The number of carbonyl (C=O) groups excluding carboxylic acids is 1. The molecular weight excluding hydrogens is 254 g/mol. The number of carbonyl (C=O) groups is 1. The van der Waals surface area contributed by atoms with Crippen molar-refractivity contribution in [1.82, 2.24) is 20.3 Å². The number of nitrogens with two attached hydrogens (primary N) is 1. The third kappa shape index (κ3) is 4.30. The van der Waals surface area contributed by atoms with Crippen molar-refractivity contribution in [2.24, 2.45) is 5.73 Å². The van der Waals surface area contributed by atoms with Gasteiger partial charge in [0, 0.05) is 6.04 Å². The summed E-state index contributed by atoms with van der Waals surface area (Å²) in [5.74, 6) is -0.0285. The number of amides is 1. The van der Waals surface area contributed by atoms with E-state index < -0.39 is 0 Å². The van der Waals surface area contributed by atoms with Crippen LogP contribution in [0, 0.1) is 0 Å². The molecule has 1 aromatic rings. The zero-order chi connectivity index (χ0) is 15.1. The fourth-order valence-corrected chi connectivity index (χ4v) is 2.04. The van der Waals surface area contributed by atoms with E-state index in [9.17, 15) is 4.79 Å². The predicted molar refractivity (Wildman–Crippen MR) is 79.1 cm³/mol. The van der Waals surface area contributed by atoms with Gasteiger partial charge in [0.15, 0.2) is 0 Å². The van der Waals surface area contributed by atoms with Gasteiger partial charge in [-0.05, 0) is 26.2 Å². The quantitative estimate of drug-likeness (QED) is 0.762. The lowest BCUT2D eigenvalue weighted by molar-refractivity contribution is -0.124. The maximum absolute atomic E-state index is 12.1. The lowest BCUT2D eigenvalue weighted by Gasteiger charge is -2.18. The second-order valence-corrected chi connectivity index (χ2v) is 5.22. The van der Waals surface area contributed by atoms with Gasteiger partial charge in [0.1, 0.15) is 6.04 Å². The van der Waals surface area contributed by atoms with Crippen molar-refractivity contribution in [3.8, 4) is 0 Å². The molecule has 0 bridgehead atoms. The summed E-state index contributed by atoms with van der Waals surface area (Å²) in [5.41, 5.74) is 6.75. The van der Waals surface area contributed by atoms with Crippen molar-refractivity contribution in [2.75, 3.05) is 0 Å². The van der Waals surface area contributed by atoms with Crippen LogP contribution in [0.15, 0.2) is 6.20 Å². The highest BCUT2D eigenvalue weighted by atomic mass is 16.2. The first-order valence-corrected chi connectivity index (χ1v) is 7.51. The molecule has 2 unspecified atom stereocenters. The van der Waals surface area contributed by atoms with Gasteiger partial charge < -0.3 is 11.1 Å². The van der Waals surface area contributed by atoms with Gasteiger partial charge in [-0.25, -0.2) is 4.68 Å². The zero-order valence-electron chi connectivity index (χ0n) is 13.0. The van der Waals surface area contributed by atoms with Gasteiger partial charge in [-0.2, -0.15) is 0 Å². The highest BCUT2D eigenvalue weighted by Crippen LogP contribution is 2.14. The Morgan fingerprint density at radius 2 is 2.05 bits per heavy atom. The molecule has 1 heterocycles. The summed E-state index contributed by atoms with van der Waals surface area (Å²) in [7, 11) is 0. The third-order valence-corrected chi connectivity index (χ3v) is 3.62. The Labute approximate surface area is 121 Å². The SMILES string of the molecule is CCCC(N)c1cn(C(C)C(=O)NC(CC)CC)nn1.